The van der Waals surface area contributed by atoms with Crippen molar-refractivity contribution in [1.82, 2.24) is 0 Å². The van der Waals surface area contributed by atoms with Gasteiger partial charge in [-0.1, -0.05) is 11.6 Å². The third-order valence-electron chi connectivity index (χ3n) is 1.85. The van der Waals surface area contributed by atoms with Crippen molar-refractivity contribution < 1.29 is 9.90 Å². The number of halogens is 1. The first-order chi connectivity index (χ1) is 6.65. The average molecular weight is 227 g/mol. The summed E-state index contributed by atoms with van der Waals surface area (Å²) < 4.78 is 1.07. The van der Waals surface area contributed by atoms with Crippen LogP contribution in [-0.2, 0) is 11.2 Å². The number of benzene rings is 1. The maximum Gasteiger partial charge on any atom is 0.308 e. The van der Waals surface area contributed by atoms with Crippen LogP contribution in [0.2, 0.25) is 5.02 Å². The Morgan fingerprint density at radius 1 is 1.43 bits per heavy atom. The van der Waals surface area contributed by atoms with Crippen LogP contribution in [-0.4, -0.2) is 11.1 Å². The van der Waals surface area contributed by atoms with Gasteiger partial charge in [-0.05, 0) is 29.7 Å². The van der Waals surface area contributed by atoms with Crippen LogP contribution >= 0.6 is 22.9 Å². The van der Waals surface area contributed by atoms with Gasteiger partial charge in [0, 0.05) is 14.6 Å². The fourth-order valence-corrected chi connectivity index (χ4v) is 2.52. The molecule has 14 heavy (non-hydrogen) atoms. The lowest BCUT2D eigenvalue weighted by molar-refractivity contribution is -0.136. The highest BCUT2D eigenvalue weighted by Gasteiger charge is 2.05. The fraction of sp³-hybridized carbons (Fsp3) is 0.100. The van der Waals surface area contributed by atoms with Gasteiger partial charge in [-0.2, -0.15) is 0 Å². The molecule has 2 rings (SSSR count). The summed E-state index contributed by atoms with van der Waals surface area (Å²) in [6.07, 6.45) is 0.0803. The Labute approximate surface area is 89.7 Å². The van der Waals surface area contributed by atoms with E-state index in [9.17, 15) is 4.79 Å². The van der Waals surface area contributed by atoms with E-state index in [0.29, 0.717) is 5.02 Å². The molecule has 0 amide bonds. The van der Waals surface area contributed by atoms with Crippen molar-refractivity contribution in [2.45, 2.75) is 6.42 Å². The van der Waals surface area contributed by atoms with Crippen LogP contribution in [0.3, 0.4) is 0 Å². The van der Waals surface area contributed by atoms with Gasteiger partial charge in [0.1, 0.15) is 0 Å². The average Bonchev–Trinajstić information content (AvgIpc) is 2.44. The van der Waals surface area contributed by atoms with E-state index in [0.717, 1.165) is 15.0 Å². The summed E-state index contributed by atoms with van der Waals surface area (Å²) in [6.45, 7) is 0. The zero-order chi connectivity index (χ0) is 10.1. The monoisotopic (exact) mass is 226 g/mol. The second-order valence-electron chi connectivity index (χ2n) is 2.97. The minimum Gasteiger partial charge on any atom is -0.481 e. The van der Waals surface area contributed by atoms with Gasteiger partial charge in [-0.15, -0.1) is 11.3 Å². The Morgan fingerprint density at radius 3 is 2.93 bits per heavy atom. The van der Waals surface area contributed by atoms with E-state index in [2.05, 4.69) is 0 Å². The van der Waals surface area contributed by atoms with Crippen LogP contribution in [0.4, 0.5) is 0 Å². The first-order valence-corrected chi connectivity index (χ1v) is 5.24. The molecule has 0 aliphatic carbocycles. The summed E-state index contributed by atoms with van der Waals surface area (Å²) in [5.41, 5.74) is 0. The maximum atomic E-state index is 10.5. The number of carboxylic acids is 1. The molecule has 0 unspecified atom stereocenters. The summed E-state index contributed by atoms with van der Waals surface area (Å²) in [4.78, 5) is 11.3. The fourth-order valence-electron chi connectivity index (χ4n) is 1.31. The zero-order valence-corrected chi connectivity index (χ0v) is 8.73. The van der Waals surface area contributed by atoms with Crippen LogP contribution in [0, 0.1) is 0 Å². The quantitative estimate of drug-likeness (QED) is 0.854. The highest BCUT2D eigenvalue weighted by molar-refractivity contribution is 7.19. The van der Waals surface area contributed by atoms with E-state index >= 15 is 0 Å². The molecule has 4 heteroatoms. The molecule has 72 valence electrons. The summed E-state index contributed by atoms with van der Waals surface area (Å²) >= 11 is 7.32. The summed E-state index contributed by atoms with van der Waals surface area (Å²) in [6, 6.07) is 7.44. The molecule has 0 atom stereocenters. The smallest absolute Gasteiger partial charge is 0.308 e. The normalized spacial score (nSPS) is 10.6. The molecule has 2 aromatic rings. The standard InChI is InChI=1S/C10H7ClO2S/c11-7-1-2-9-6(3-7)4-8(14-9)5-10(12)13/h1-4H,5H2,(H,12,13). The van der Waals surface area contributed by atoms with E-state index < -0.39 is 5.97 Å². The number of hydrogen-bond acceptors (Lipinski definition) is 2. The Morgan fingerprint density at radius 2 is 2.21 bits per heavy atom. The third-order valence-corrected chi connectivity index (χ3v) is 3.21. The number of rotatable bonds is 2. The van der Waals surface area contributed by atoms with Gasteiger partial charge < -0.3 is 5.11 Å². The molecule has 0 aliphatic heterocycles. The number of hydrogen-bond donors (Lipinski definition) is 1. The molecule has 0 radical (unpaired) electrons. The minimum atomic E-state index is -0.803. The summed E-state index contributed by atoms with van der Waals surface area (Å²) in [5.74, 6) is -0.803. The van der Waals surface area contributed by atoms with Crippen molar-refractivity contribution in [2.24, 2.45) is 0 Å². The predicted octanol–water partition coefficient (Wildman–Crippen LogP) is 3.18. The van der Waals surface area contributed by atoms with Gasteiger partial charge in [-0.3, -0.25) is 4.79 Å². The lowest BCUT2D eigenvalue weighted by atomic mass is 10.2. The van der Waals surface area contributed by atoms with Gasteiger partial charge >= 0.3 is 5.97 Å². The second-order valence-corrected chi connectivity index (χ2v) is 4.57. The van der Waals surface area contributed by atoms with Crippen LogP contribution in [0.5, 0.6) is 0 Å². The molecule has 0 spiro atoms. The van der Waals surface area contributed by atoms with Crippen LogP contribution in [0.25, 0.3) is 10.1 Å². The highest BCUT2D eigenvalue weighted by Crippen LogP contribution is 2.28. The van der Waals surface area contributed by atoms with Gasteiger partial charge in [-0.25, -0.2) is 0 Å². The molecule has 0 bridgehead atoms. The highest BCUT2D eigenvalue weighted by atomic mass is 35.5. The van der Waals surface area contributed by atoms with Crippen molar-refractivity contribution in [3.63, 3.8) is 0 Å². The molecule has 0 saturated carbocycles. The lowest BCUT2D eigenvalue weighted by Gasteiger charge is -1.88. The molecular weight excluding hydrogens is 220 g/mol. The van der Waals surface area contributed by atoms with Crippen molar-refractivity contribution >= 4 is 39.0 Å². The van der Waals surface area contributed by atoms with E-state index in [4.69, 9.17) is 16.7 Å². The van der Waals surface area contributed by atoms with Crippen molar-refractivity contribution in [2.75, 3.05) is 0 Å². The Hall–Kier alpha value is -1.06. The molecule has 1 aromatic carbocycles. The molecule has 0 saturated heterocycles. The van der Waals surface area contributed by atoms with E-state index in [1.54, 1.807) is 0 Å². The largest absolute Gasteiger partial charge is 0.481 e. The number of carbonyl (C=O) groups is 1. The van der Waals surface area contributed by atoms with Gasteiger partial charge in [0.05, 0.1) is 6.42 Å². The number of aliphatic carboxylic acids is 1. The topological polar surface area (TPSA) is 37.3 Å². The Bertz CT molecular complexity index is 490. The van der Waals surface area contributed by atoms with Gasteiger partial charge in [0.2, 0.25) is 0 Å². The van der Waals surface area contributed by atoms with E-state index in [1.165, 1.54) is 11.3 Å². The molecule has 0 fully saturated rings. The molecule has 2 nitrogen and oxygen atoms in total. The lowest BCUT2D eigenvalue weighted by Crippen LogP contribution is -1.96. The Balaban J connectivity index is 2.46. The molecule has 1 N–H and O–H groups in total. The molecule has 1 heterocycles. The third kappa shape index (κ3) is 1.89. The molecule has 0 aliphatic rings. The van der Waals surface area contributed by atoms with Gasteiger partial charge in [0.25, 0.3) is 0 Å². The molecule has 1 aromatic heterocycles. The molecular formula is C10H7ClO2S. The summed E-state index contributed by atoms with van der Waals surface area (Å²) in [7, 11) is 0. The number of fused-ring (bicyclic) bond motifs is 1. The Kier molecular flexibility index (Phi) is 2.44. The second kappa shape index (κ2) is 3.59. The maximum absolute atomic E-state index is 10.5. The first kappa shape index (κ1) is 9.49. The minimum absolute atomic E-state index is 0.0803. The van der Waals surface area contributed by atoms with Crippen LogP contribution < -0.4 is 0 Å². The first-order valence-electron chi connectivity index (χ1n) is 4.05. The van der Waals surface area contributed by atoms with E-state index in [1.807, 2.05) is 24.3 Å². The SMILES string of the molecule is O=C(O)Cc1cc2cc(Cl)ccc2s1. The van der Waals surface area contributed by atoms with Crippen LogP contribution in [0.1, 0.15) is 4.88 Å². The van der Waals surface area contributed by atoms with Crippen molar-refractivity contribution in [3.8, 4) is 0 Å². The number of carboxylic acid groups (broad SMARTS) is 1. The number of thiophene rings is 1. The zero-order valence-electron chi connectivity index (χ0n) is 7.16. The predicted molar refractivity (Wildman–Crippen MR) is 58.2 cm³/mol. The van der Waals surface area contributed by atoms with Crippen molar-refractivity contribution in [1.29, 1.82) is 0 Å². The van der Waals surface area contributed by atoms with Gasteiger partial charge in [0.15, 0.2) is 0 Å². The van der Waals surface area contributed by atoms with E-state index in [-0.39, 0.29) is 6.42 Å². The summed E-state index contributed by atoms with van der Waals surface area (Å²) in [5, 5.41) is 10.3. The van der Waals surface area contributed by atoms with Crippen LogP contribution in [0.15, 0.2) is 24.3 Å². The van der Waals surface area contributed by atoms with Crippen molar-refractivity contribution in [3.05, 3.63) is 34.2 Å².